The Morgan fingerprint density at radius 3 is 2.18 bits per heavy atom. The summed E-state index contributed by atoms with van der Waals surface area (Å²) in [6.45, 7) is 14.9. The van der Waals surface area contributed by atoms with E-state index in [1.165, 1.54) is 19.3 Å². The predicted octanol–water partition coefficient (Wildman–Crippen LogP) is 6.31. The summed E-state index contributed by atoms with van der Waals surface area (Å²) in [7, 11) is 0. The molecule has 1 saturated carbocycles. The second kappa shape index (κ2) is 11.2. The number of rotatable bonds is 11. The summed E-state index contributed by atoms with van der Waals surface area (Å²) in [5.41, 5.74) is -0.868. The number of hydrogen-bond donors (Lipinski definition) is 0. The second-order valence-corrected chi connectivity index (χ2v) is 9.98. The topological polar surface area (TPSA) is 52.6 Å². The van der Waals surface area contributed by atoms with E-state index in [2.05, 4.69) is 27.7 Å². The fraction of sp³-hybridized carbons (Fsp3) is 0.917. The molecule has 0 spiro atoms. The van der Waals surface area contributed by atoms with E-state index in [4.69, 9.17) is 9.47 Å². The van der Waals surface area contributed by atoms with Crippen LogP contribution in [0.1, 0.15) is 106 Å². The highest BCUT2D eigenvalue weighted by molar-refractivity contribution is 5.76. The van der Waals surface area contributed by atoms with Crippen molar-refractivity contribution in [1.29, 1.82) is 0 Å². The maximum atomic E-state index is 12.7. The van der Waals surface area contributed by atoms with Gasteiger partial charge in [0.2, 0.25) is 0 Å². The molecular weight excluding hydrogens is 352 g/mol. The lowest BCUT2D eigenvalue weighted by atomic mass is 9.71. The lowest BCUT2D eigenvalue weighted by Crippen LogP contribution is -2.38. The first kappa shape index (κ1) is 25.0. The third-order valence-corrected chi connectivity index (χ3v) is 6.72. The average molecular weight is 397 g/mol. The molecule has 1 aliphatic rings. The van der Waals surface area contributed by atoms with E-state index in [1.54, 1.807) is 0 Å². The minimum absolute atomic E-state index is 0.133. The number of hydrogen-bond acceptors (Lipinski definition) is 4. The Morgan fingerprint density at radius 1 is 1.04 bits per heavy atom. The van der Waals surface area contributed by atoms with Crippen LogP contribution in [0.2, 0.25) is 0 Å². The predicted molar refractivity (Wildman–Crippen MR) is 114 cm³/mol. The summed E-state index contributed by atoms with van der Waals surface area (Å²) < 4.78 is 11.4. The number of ether oxygens (including phenoxy) is 2. The maximum absolute atomic E-state index is 12.7. The molecule has 0 aromatic rings. The Hall–Kier alpha value is -1.06. The van der Waals surface area contributed by atoms with E-state index < -0.39 is 11.0 Å². The number of carbonyl (C=O) groups is 2. The third kappa shape index (κ3) is 7.40. The standard InChI is InChI=1S/C24H44O4/c1-8-19(4)24(7,17-18(2)3)22(26)27-16-12-15-21(25)28-23(5,6)20-13-10-9-11-14-20/h18-20H,8-17H2,1-7H3. The van der Waals surface area contributed by atoms with Gasteiger partial charge in [0.1, 0.15) is 5.60 Å². The van der Waals surface area contributed by atoms with Gasteiger partial charge in [0.15, 0.2) is 0 Å². The summed E-state index contributed by atoms with van der Waals surface area (Å²) in [5.74, 6) is 0.840. The van der Waals surface area contributed by atoms with E-state index in [0.717, 1.165) is 25.7 Å². The van der Waals surface area contributed by atoms with Crippen LogP contribution in [-0.4, -0.2) is 24.1 Å². The fourth-order valence-corrected chi connectivity index (χ4v) is 4.56. The van der Waals surface area contributed by atoms with E-state index in [-0.39, 0.29) is 24.5 Å². The van der Waals surface area contributed by atoms with Crippen LogP contribution in [0.5, 0.6) is 0 Å². The highest BCUT2D eigenvalue weighted by Crippen LogP contribution is 2.38. The molecule has 0 saturated heterocycles. The van der Waals surface area contributed by atoms with Gasteiger partial charge in [-0.3, -0.25) is 9.59 Å². The van der Waals surface area contributed by atoms with Gasteiger partial charge >= 0.3 is 11.9 Å². The fourth-order valence-electron chi connectivity index (χ4n) is 4.56. The maximum Gasteiger partial charge on any atom is 0.312 e. The molecule has 2 atom stereocenters. The SMILES string of the molecule is CCC(C)C(C)(CC(C)C)C(=O)OCCCC(=O)OC(C)(C)C1CCCCC1. The highest BCUT2D eigenvalue weighted by Gasteiger charge is 2.40. The summed E-state index contributed by atoms with van der Waals surface area (Å²) in [4.78, 5) is 25.0. The molecule has 1 rings (SSSR count). The first-order valence-electron chi connectivity index (χ1n) is 11.4. The van der Waals surface area contributed by atoms with Gasteiger partial charge in [0, 0.05) is 6.42 Å². The Labute approximate surface area is 173 Å². The summed E-state index contributed by atoms with van der Waals surface area (Å²) in [6, 6.07) is 0. The van der Waals surface area contributed by atoms with Gasteiger partial charge in [0.05, 0.1) is 12.0 Å². The van der Waals surface area contributed by atoms with Gasteiger partial charge in [0.25, 0.3) is 0 Å². The first-order valence-corrected chi connectivity index (χ1v) is 11.4. The molecule has 4 nitrogen and oxygen atoms in total. The van der Waals surface area contributed by atoms with Gasteiger partial charge in [-0.2, -0.15) is 0 Å². The molecule has 2 unspecified atom stereocenters. The van der Waals surface area contributed by atoms with Gasteiger partial charge < -0.3 is 9.47 Å². The molecule has 1 fully saturated rings. The van der Waals surface area contributed by atoms with E-state index in [9.17, 15) is 9.59 Å². The van der Waals surface area contributed by atoms with Crippen LogP contribution in [0.4, 0.5) is 0 Å². The molecule has 0 aromatic heterocycles. The van der Waals surface area contributed by atoms with Crippen LogP contribution >= 0.6 is 0 Å². The van der Waals surface area contributed by atoms with Crippen LogP contribution in [0, 0.1) is 23.2 Å². The second-order valence-electron chi connectivity index (χ2n) is 9.98. The van der Waals surface area contributed by atoms with Crippen molar-refractivity contribution in [2.24, 2.45) is 23.2 Å². The van der Waals surface area contributed by atoms with Crippen molar-refractivity contribution in [2.45, 2.75) is 112 Å². The van der Waals surface area contributed by atoms with Crippen molar-refractivity contribution < 1.29 is 19.1 Å². The van der Waals surface area contributed by atoms with Gasteiger partial charge in [-0.15, -0.1) is 0 Å². The third-order valence-electron chi connectivity index (χ3n) is 6.72. The molecular formula is C24H44O4. The molecule has 4 heteroatoms. The zero-order valence-electron chi connectivity index (χ0n) is 19.4. The molecule has 0 bridgehead atoms. The summed E-state index contributed by atoms with van der Waals surface area (Å²) in [5, 5.41) is 0. The smallest absolute Gasteiger partial charge is 0.312 e. The van der Waals surface area contributed by atoms with Crippen molar-refractivity contribution in [3.8, 4) is 0 Å². The summed E-state index contributed by atoms with van der Waals surface area (Å²) >= 11 is 0. The van der Waals surface area contributed by atoms with E-state index in [1.807, 2.05) is 20.8 Å². The molecule has 0 radical (unpaired) electrons. The van der Waals surface area contributed by atoms with Crippen molar-refractivity contribution in [1.82, 2.24) is 0 Å². The molecule has 0 aromatic carbocycles. The van der Waals surface area contributed by atoms with Crippen molar-refractivity contribution in [3.05, 3.63) is 0 Å². The van der Waals surface area contributed by atoms with Crippen LogP contribution < -0.4 is 0 Å². The largest absolute Gasteiger partial charge is 0.465 e. The molecule has 164 valence electrons. The Kier molecular flexibility index (Phi) is 10.00. The molecule has 0 amide bonds. The van der Waals surface area contributed by atoms with Crippen LogP contribution in [0.15, 0.2) is 0 Å². The zero-order chi connectivity index (χ0) is 21.4. The zero-order valence-corrected chi connectivity index (χ0v) is 19.4. The normalized spacial score (nSPS) is 19.1. The Bertz CT molecular complexity index is 491. The minimum Gasteiger partial charge on any atom is -0.465 e. The van der Waals surface area contributed by atoms with Crippen LogP contribution in [0.25, 0.3) is 0 Å². The highest BCUT2D eigenvalue weighted by atomic mass is 16.6. The Morgan fingerprint density at radius 2 is 1.64 bits per heavy atom. The van der Waals surface area contributed by atoms with Gasteiger partial charge in [-0.25, -0.2) is 0 Å². The van der Waals surface area contributed by atoms with Crippen LogP contribution in [-0.2, 0) is 19.1 Å². The van der Waals surface area contributed by atoms with Gasteiger partial charge in [-0.05, 0) is 64.2 Å². The monoisotopic (exact) mass is 396 g/mol. The summed E-state index contributed by atoms with van der Waals surface area (Å²) in [6.07, 6.45) is 8.61. The van der Waals surface area contributed by atoms with Crippen molar-refractivity contribution in [3.63, 3.8) is 0 Å². The lowest BCUT2D eigenvalue weighted by Gasteiger charge is -2.36. The number of carbonyl (C=O) groups excluding carboxylic acids is 2. The molecule has 0 heterocycles. The first-order chi connectivity index (χ1) is 13.0. The van der Waals surface area contributed by atoms with Crippen molar-refractivity contribution >= 4 is 11.9 Å². The Balaban J connectivity index is 2.43. The molecule has 28 heavy (non-hydrogen) atoms. The average Bonchev–Trinajstić information content (AvgIpc) is 2.64. The quantitative estimate of drug-likeness (QED) is 0.303. The lowest BCUT2D eigenvalue weighted by molar-refractivity contribution is -0.165. The molecule has 0 aliphatic heterocycles. The van der Waals surface area contributed by atoms with Crippen LogP contribution in [0.3, 0.4) is 0 Å². The minimum atomic E-state index is -0.466. The van der Waals surface area contributed by atoms with Gasteiger partial charge in [-0.1, -0.05) is 53.4 Å². The van der Waals surface area contributed by atoms with E-state index in [0.29, 0.717) is 24.7 Å². The van der Waals surface area contributed by atoms with Crippen molar-refractivity contribution in [2.75, 3.05) is 6.61 Å². The van der Waals surface area contributed by atoms with E-state index >= 15 is 0 Å². The number of esters is 2. The molecule has 0 N–H and O–H groups in total. The molecule has 1 aliphatic carbocycles.